The molecule has 10 atom stereocenters. The van der Waals surface area contributed by atoms with Crippen molar-refractivity contribution in [2.45, 2.75) is 119 Å². The number of hydrogen-bond acceptors (Lipinski definition) is 6. The van der Waals surface area contributed by atoms with Crippen LogP contribution in [0.3, 0.4) is 0 Å². The van der Waals surface area contributed by atoms with Gasteiger partial charge in [0.1, 0.15) is 6.10 Å². The SMILES string of the molecule is C=C(C)[C@H]1CC[C@@]2(COC(=O)c3ccccc3C(=O)OC)CC[C@@]3(C)C(CC[C@@H]4[C@@]5(C)CC[C@H](OC(C)=O)C(C)(C)[C@H]5CC[C@]43C)C12. The van der Waals surface area contributed by atoms with E-state index in [-0.39, 0.29) is 50.3 Å². The van der Waals surface area contributed by atoms with Gasteiger partial charge in [-0.1, -0.05) is 58.9 Å². The van der Waals surface area contributed by atoms with Crippen molar-refractivity contribution in [3.05, 3.63) is 47.5 Å². The summed E-state index contributed by atoms with van der Waals surface area (Å²) < 4.78 is 17.1. The first-order chi connectivity index (χ1) is 22.1. The molecule has 0 aromatic heterocycles. The van der Waals surface area contributed by atoms with Gasteiger partial charge in [0, 0.05) is 17.8 Å². The lowest BCUT2D eigenvalue weighted by Crippen LogP contribution is -2.67. The minimum absolute atomic E-state index is 0.0123. The van der Waals surface area contributed by atoms with E-state index in [1.807, 2.05) is 0 Å². The maximum absolute atomic E-state index is 13.5. The quantitative estimate of drug-likeness (QED) is 0.174. The van der Waals surface area contributed by atoms with Gasteiger partial charge in [-0.3, -0.25) is 4.79 Å². The molecule has 6 nitrogen and oxygen atoms in total. The molecule has 6 heteroatoms. The van der Waals surface area contributed by atoms with E-state index >= 15 is 0 Å². The van der Waals surface area contributed by atoms with Crippen LogP contribution in [-0.4, -0.2) is 37.7 Å². The molecule has 47 heavy (non-hydrogen) atoms. The number of carbonyl (C=O) groups excluding carboxylic acids is 3. The summed E-state index contributed by atoms with van der Waals surface area (Å²) in [6.07, 6.45) is 11.2. The third-order valence-corrected chi connectivity index (χ3v) is 15.5. The van der Waals surface area contributed by atoms with Crippen molar-refractivity contribution in [2.75, 3.05) is 13.7 Å². The van der Waals surface area contributed by atoms with Gasteiger partial charge >= 0.3 is 17.9 Å². The number of fused-ring (bicyclic) bond motifs is 7. The minimum Gasteiger partial charge on any atom is -0.465 e. The van der Waals surface area contributed by atoms with E-state index in [0.717, 1.165) is 38.5 Å². The Morgan fingerprint density at radius 3 is 2.11 bits per heavy atom. The average molecular weight is 647 g/mol. The van der Waals surface area contributed by atoms with E-state index in [1.54, 1.807) is 31.2 Å². The van der Waals surface area contributed by atoms with Crippen molar-refractivity contribution >= 4 is 17.9 Å². The number of rotatable bonds is 6. The highest BCUT2D eigenvalue weighted by Crippen LogP contribution is 2.77. The minimum atomic E-state index is -0.526. The van der Waals surface area contributed by atoms with E-state index in [9.17, 15) is 14.4 Å². The Kier molecular flexibility index (Phi) is 8.57. The summed E-state index contributed by atoms with van der Waals surface area (Å²) in [6.45, 7) is 21.2. The molecule has 0 heterocycles. The predicted molar refractivity (Wildman–Crippen MR) is 183 cm³/mol. The van der Waals surface area contributed by atoms with Crippen LogP contribution < -0.4 is 0 Å². The van der Waals surface area contributed by atoms with Crippen molar-refractivity contribution in [3.63, 3.8) is 0 Å². The molecule has 2 unspecified atom stereocenters. The summed E-state index contributed by atoms with van der Waals surface area (Å²) in [5.74, 6) is 1.39. The van der Waals surface area contributed by atoms with Gasteiger partial charge in [-0.2, -0.15) is 0 Å². The molecule has 0 N–H and O–H groups in total. The lowest BCUT2D eigenvalue weighted by molar-refractivity contribution is -0.251. The van der Waals surface area contributed by atoms with Gasteiger partial charge in [0.25, 0.3) is 0 Å². The molecule has 6 rings (SSSR count). The van der Waals surface area contributed by atoms with Crippen molar-refractivity contribution in [3.8, 4) is 0 Å². The maximum atomic E-state index is 13.5. The molecule has 5 fully saturated rings. The monoisotopic (exact) mass is 646 g/mol. The third kappa shape index (κ3) is 5.04. The first-order valence-corrected chi connectivity index (χ1v) is 18.2. The fraction of sp³-hybridized carbons (Fsp3) is 0.732. The normalized spacial score (nSPS) is 41.7. The average Bonchev–Trinajstić information content (AvgIpc) is 3.41. The number of allylic oxidation sites excluding steroid dienone is 1. The summed E-state index contributed by atoms with van der Waals surface area (Å²) in [7, 11) is 1.33. The van der Waals surface area contributed by atoms with Crippen LogP contribution in [-0.2, 0) is 19.0 Å². The van der Waals surface area contributed by atoms with Crippen molar-refractivity contribution in [1.82, 2.24) is 0 Å². The molecule has 0 aliphatic heterocycles. The van der Waals surface area contributed by atoms with Crippen LogP contribution in [0.5, 0.6) is 0 Å². The molecule has 1 aromatic rings. The molecule has 0 bridgehead atoms. The van der Waals surface area contributed by atoms with Gasteiger partial charge < -0.3 is 14.2 Å². The lowest BCUT2D eigenvalue weighted by atomic mass is 9.32. The predicted octanol–water partition coefficient (Wildman–Crippen LogP) is 9.22. The first-order valence-electron chi connectivity index (χ1n) is 18.2. The Bertz CT molecular complexity index is 1440. The number of esters is 3. The van der Waals surface area contributed by atoms with Crippen LogP contribution >= 0.6 is 0 Å². The first kappa shape index (κ1) is 34.2. The molecule has 0 saturated heterocycles. The van der Waals surface area contributed by atoms with Crippen molar-refractivity contribution in [2.24, 2.45) is 56.7 Å². The highest BCUT2D eigenvalue weighted by Gasteiger charge is 2.71. The summed E-state index contributed by atoms with van der Waals surface area (Å²) >= 11 is 0. The van der Waals surface area contributed by atoms with Crippen molar-refractivity contribution in [1.29, 1.82) is 0 Å². The zero-order chi connectivity index (χ0) is 34.2. The molecule has 0 spiro atoms. The third-order valence-electron chi connectivity index (χ3n) is 15.5. The molecule has 0 radical (unpaired) electrons. The van der Waals surface area contributed by atoms with Gasteiger partial charge in [-0.25, -0.2) is 9.59 Å². The van der Waals surface area contributed by atoms with Crippen LogP contribution in [0.2, 0.25) is 0 Å². The van der Waals surface area contributed by atoms with Crippen LogP contribution in [0.25, 0.3) is 0 Å². The maximum Gasteiger partial charge on any atom is 0.339 e. The summed E-state index contributed by atoms with van der Waals surface area (Å²) in [4.78, 5) is 38.0. The van der Waals surface area contributed by atoms with E-state index in [0.29, 0.717) is 36.2 Å². The molecule has 5 saturated carbocycles. The zero-order valence-corrected chi connectivity index (χ0v) is 30.2. The molecule has 5 aliphatic carbocycles. The molecule has 1 aromatic carbocycles. The fourth-order valence-corrected chi connectivity index (χ4v) is 13.2. The smallest absolute Gasteiger partial charge is 0.339 e. The largest absolute Gasteiger partial charge is 0.465 e. The van der Waals surface area contributed by atoms with Crippen LogP contribution in [0.15, 0.2) is 36.4 Å². The van der Waals surface area contributed by atoms with Gasteiger partial charge in [0.2, 0.25) is 0 Å². The highest BCUT2D eigenvalue weighted by atomic mass is 16.5. The van der Waals surface area contributed by atoms with E-state index in [4.69, 9.17) is 14.2 Å². The number of benzene rings is 1. The second-order valence-electron chi connectivity index (χ2n) is 17.6. The number of methoxy groups -OCH3 is 1. The Morgan fingerprint density at radius 2 is 1.47 bits per heavy atom. The molecule has 0 amide bonds. The number of hydrogen-bond donors (Lipinski definition) is 0. The Labute approximate surface area is 282 Å². The Hall–Kier alpha value is -2.63. The fourth-order valence-electron chi connectivity index (χ4n) is 13.2. The van der Waals surface area contributed by atoms with E-state index in [2.05, 4.69) is 48.1 Å². The molecule has 258 valence electrons. The Morgan fingerprint density at radius 1 is 0.787 bits per heavy atom. The van der Waals surface area contributed by atoms with Gasteiger partial charge in [-0.15, -0.1) is 0 Å². The molecular weight excluding hydrogens is 588 g/mol. The van der Waals surface area contributed by atoms with Crippen molar-refractivity contribution < 1.29 is 28.6 Å². The topological polar surface area (TPSA) is 78.9 Å². The zero-order valence-electron chi connectivity index (χ0n) is 30.2. The Balaban J connectivity index is 1.29. The standard InChI is InChI=1S/C41H58O6/c1-25(2)27-16-21-41(24-46-36(44)29-13-11-10-12-28(29)35(43)45-9)23-22-39(7)30(34(27)41)14-15-32-38(6)19-18-33(47-26(3)42)37(4,5)31(38)17-20-40(32,39)8/h10-13,27,30-34H,1,14-24H2,2-9H3/t27-,30?,31-,32-,33+,34?,38+,39+,40-,41+/m1/s1. The second-order valence-corrected chi connectivity index (χ2v) is 17.6. The summed E-state index contributed by atoms with van der Waals surface area (Å²) in [5.41, 5.74) is 2.23. The van der Waals surface area contributed by atoms with E-state index in [1.165, 1.54) is 38.4 Å². The number of carbonyl (C=O) groups is 3. The second kappa shape index (κ2) is 11.8. The summed E-state index contributed by atoms with van der Waals surface area (Å²) in [6, 6.07) is 6.79. The lowest BCUT2D eigenvalue weighted by Gasteiger charge is -2.73. The van der Waals surface area contributed by atoms with Crippen LogP contribution in [0, 0.1) is 56.7 Å². The van der Waals surface area contributed by atoms with Gasteiger partial charge in [0.05, 0.1) is 24.8 Å². The molecular formula is C41H58O6. The summed E-state index contributed by atoms with van der Waals surface area (Å²) in [5, 5.41) is 0. The van der Waals surface area contributed by atoms with E-state index < -0.39 is 11.9 Å². The highest BCUT2D eigenvalue weighted by molar-refractivity contribution is 6.03. The molecule has 5 aliphatic rings. The van der Waals surface area contributed by atoms with Crippen LogP contribution in [0.1, 0.15) is 133 Å². The van der Waals surface area contributed by atoms with Gasteiger partial charge in [-0.05, 0) is 129 Å². The van der Waals surface area contributed by atoms with Gasteiger partial charge in [0.15, 0.2) is 0 Å². The van der Waals surface area contributed by atoms with Crippen LogP contribution in [0.4, 0.5) is 0 Å². The number of ether oxygens (including phenoxy) is 3.